The molecule has 0 radical (unpaired) electrons. The van der Waals surface area contributed by atoms with Gasteiger partial charge in [-0.1, -0.05) is 36.4 Å². The molecule has 0 bridgehead atoms. The molecule has 2 aliphatic heterocycles. The predicted octanol–water partition coefficient (Wildman–Crippen LogP) is 4.86. The summed E-state index contributed by atoms with van der Waals surface area (Å²) in [6, 6.07) is 16.2. The van der Waals surface area contributed by atoms with E-state index in [1.165, 1.54) is 0 Å². The Morgan fingerprint density at radius 2 is 1.03 bits per heavy atom. The molecule has 164 valence electrons. The van der Waals surface area contributed by atoms with Crippen LogP contribution in [0.4, 0.5) is 0 Å². The van der Waals surface area contributed by atoms with Crippen molar-refractivity contribution in [3.8, 4) is 11.5 Å². The highest BCUT2D eigenvalue weighted by Gasteiger charge is 2.33. The summed E-state index contributed by atoms with van der Waals surface area (Å²) in [5.74, 6) is 1.47. The second kappa shape index (κ2) is 9.60. The van der Waals surface area contributed by atoms with E-state index in [1.54, 1.807) is 0 Å². The van der Waals surface area contributed by atoms with Gasteiger partial charge in [-0.25, -0.2) is 0 Å². The van der Waals surface area contributed by atoms with E-state index in [2.05, 4.69) is 13.8 Å². The van der Waals surface area contributed by atoms with E-state index in [-0.39, 0.29) is 24.2 Å². The molecule has 6 nitrogen and oxygen atoms in total. The van der Waals surface area contributed by atoms with Gasteiger partial charge < -0.3 is 8.37 Å². The molecule has 0 aromatic heterocycles. The Morgan fingerprint density at radius 3 is 1.37 bits per heavy atom. The van der Waals surface area contributed by atoms with E-state index in [0.717, 1.165) is 22.6 Å². The Bertz CT molecular complexity index is 859. The van der Waals surface area contributed by atoms with Crippen LogP contribution in [0.25, 0.3) is 0 Å². The van der Waals surface area contributed by atoms with E-state index in [4.69, 9.17) is 8.37 Å². The van der Waals surface area contributed by atoms with Gasteiger partial charge in [-0.15, -0.1) is 0 Å². The van der Waals surface area contributed by atoms with Gasteiger partial charge in [-0.05, 0) is 53.7 Å². The van der Waals surface area contributed by atoms with Crippen molar-refractivity contribution in [3.63, 3.8) is 0 Å². The lowest BCUT2D eigenvalue weighted by Gasteiger charge is -2.35. The highest BCUT2D eigenvalue weighted by molar-refractivity contribution is 7.78. The summed E-state index contributed by atoms with van der Waals surface area (Å²) in [6.45, 7) is 12.2. The van der Waals surface area contributed by atoms with Crippen molar-refractivity contribution >= 4 is 22.5 Å². The molecule has 0 fully saturated rings. The molecule has 2 heterocycles. The van der Waals surface area contributed by atoms with E-state index in [0.29, 0.717) is 0 Å². The Morgan fingerprint density at radius 1 is 0.700 bits per heavy atom. The molecule has 2 aromatic rings. The maximum Gasteiger partial charge on any atom is 0.291 e. The molecule has 0 amide bonds. The van der Waals surface area contributed by atoms with Gasteiger partial charge >= 0.3 is 0 Å². The average Bonchev–Trinajstić information content (AvgIpc) is 2.68. The maximum atomic E-state index is 11.8. The van der Waals surface area contributed by atoms with E-state index in [9.17, 15) is 8.42 Å². The molecule has 4 atom stereocenters. The van der Waals surface area contributed by atoms with Gasteiger partial charge in [0.15, 0.2) is 0 Å². The lowest BCUT2D eigenvalue weighted by Crippen LogP contribution is -2.40. The number of rotatable bonds is 2. The van der Waals surface area contributed by atoms with Crippen molar-refractivity contribution in [2.75, 3.05) is 0 Å². The van der Waals surface area contributed by atoms with Gasteiger partial charge in [0.25, 0.3) is 22.5 Å². The molecule has 2 aliphatic rings. The fourth-order valence-corrected chi connectivity index (χ4v) is 6.03. The van der Waals surface area contributed by atoms with Crippen molar-refractivity contribution in [3.05, 3.63) is 59.7 Å². The molecule has 8 heteroatoms. The maximum absolute atomic E-state index is 11.8. The molecule has 0 N–H and O–H groups in total. The lowest BCUT2D eigenvalue weighted by atomic mass is 10.1. The molecular weight excluding hydrogens is 420 g/mol. The Kier molecular flexibility index (Phi) is 7.34. The molecule has 0 saturated heterocycles. The van der Waals surface area contributed by atoms with Crippen LogP contribution in [0.15, 0.2) is 48.5 Å². The zero-order valence-corrected chi connectivity index (χ0v) is 19.9. The summed E-state index contributed by atoms with van der Waals surface area (Å²) in [7, 11) is 0. The SMILES string of the molecule is CC(C)N1C(C)c2ccccc2OS1=O.CC(C)N1C(C)c2ccccc2OS1=O. The number of para-hydroxylation sites is 2. The van der Waals surface area contributed by atoms with Crippen LogP contribution in [0.2, 0.25) is 0 Å². The minimum Gasteiger partial charge on any atom is -0.389 e. The minimum absolute atomic E-state index is 0.135. The minimum atomic E-state index is -1.37. The van der Waals surface area contributed by atoms with Crippen LogP contribution in [0, 0.1) is 0 Å². The van der Waals surface area contributed by atoms with Gasteiger partial charge in [-0.3, -0.25) is 0 Å². The molecule has 0 spiro atoms. The lowest BCUT2D eigenvalue weighted by molar-refractivity contribution is 0.266. The van der Waals surface area contributed by atoms with Crippen LogP contribution in [0.3, 0.4) is 0 Å². The number of fused-ring (bicyclic) bond motifs is 2. The van der Waals surface area contributed by atoms with Crippen molar-refractivity contribution in [1.82, 2.24) is 8.61 Å². The molecule has 2 aromatic carbocycles. The van der Waals surface area contributed by atoms with E-state index < -0.39 is 22.5 Å². The number of nitrogens with zero attached hydrogens (tertiary/aromatic N) is 2. The standard InChI is InChI=1S/2C11H15NO2S/c2*1-8(2)12-9(3)10-6-4-5-7-11(10)14-15(12)13/h2*4-9H,1-3H3. The predicted molar refractivity (Wildman–Crippen MR) is 121 cm³/mol. The van der Waals surface area contributed by atoms with Gasteiger partial charge in [0, 0.05) is 23.2 Å². The Labute approximate surface area is 184 Å². The Hall–Kier alpha value is -1.74. The van der Waals surface area contributed by atoms with Crippen LogP contribution < -0.4 is 8.37 Å². The third-order valence-electron chi connectivity index (χ3n) is 5.19. The van der Waals surface area contributed by atoms with Crippen LogP contribution >= 0.6 is 0 Å². The summed E-state index contributed by atoms with van der Waals surface area (Å²) in [4.78, 5) is 0. The monoisotopic (exact) mass is 450 g/mol. The van der Waals surface area contributed by atoms with Crippen LogP contribution in [-0.2, 0) is 22.5 Å². The van der Waals surface area contributed by atoms with E-state index >= 15 is 0 Å². The molecular formula is C22H30N2O4S2. The topological polar surface area (TPSA) is 59.1 Å². The smallest absolute Gasteiger partial charge is 0.291 e. The normalized spacial score (nSPS) is 26.1. The quantitative estimate of drug-likeness (QED) is 0.656. The largest absolute Gasteiger partial charge is 0.389 e. The summed E-state index contributed by atoms with van der Waals surface area (Å²) >= 11 is -2.73. The van der Waals surface area contributed by atoms with Gasteiger partial charge in [0.1, 0.15) is 11.5 Å². The van der Waals surface area contributed by atoms with Crippen molar-refractivity contribution < 1.29 is 16.8 Å². The molecule has 30 heavy (non-hydrogen) atoms. The van der Waals surface area contributed by atoms with Gasteiger partial charge in [0.05, 0.1) is 12.1 Å². The highest BCUT2D eigenvalue weighted by atomic mass is 32.2. The fraction of sp³-hybridized carbons (Fsp3) is 0.455. The first-order valence-electron chi connectivity index (χ1n) is 10.2. The first kappa shape index (κ1) is 22.9. The van der Waals surface area contributed by atoms with E-state index in [1.807, 2.05) is 84.8 Å². The zero-order chi connectivity index (χ0) is 22.0. The highest BCUT2D eigenvalue weighted by Crippen LogP contribution is 2.37. The number of benzene rings is 2. The molecule has 0 aliphatic carbocycles. The number of hydrogen-bond acceptors (Lipinski definition) is 4. The molecule has 4 rings (SSSR count). The van der Waals surface area contributed by atoms with Gasteiger partial charge in [-0.2, -0.15) is 17.0 Å². The molecule has 4 unspecified atom stereocenters. The second-order valence-electron chi connectivity index (χ2n) is 7.94. The van der Waals surface area contributed by atoms with Gasteiger partial charge in [0.2, 0.25) is 0 Å². The average molecular weight is 451 g/mol. The number of hydrogen-bond donors (Lipinski definition) is 0. The second-order valence-corrected chi connectivity index (χ2v) is 9.98. The summed E-state index contributed by atoms with van der Waals surface area (Å²) < 4.78 is 38.1. The Balaban J connectivity index is 0.000000171. The van der Waals surface area contributed by atoms with Crippen LogP contribution in [-0.4, -0.2) is 29.1 Å². The van der Waals surface area contributed by atoms with Crippen LogP contribution in [0.1, 0.15) is 64.8 Å². The first-order valence-corrected chi connectivity index (χ1v) is 12.2. The third kappa shape index (κ3) is 4.61. The summed E-state index contributed by atoms with van der Waals surface area (Å²) in [5, 5.41) is 0. The van der Waals surface area contributed by atoms with Crippen molar-refractivity contribution in [2.45, 2.75) is 65.7 Å². The first-order chi connectivity index (χ1) is 14.2. The summed E-state index contributed by atoms with van der Waals surface area (Å²) in [5.41, 5.74) is 2.21. The summed E-state index contributed by atoms with van der Waals surface area (Å²) in [6.07, 6.45) is 0. The fourth-order valence-electron chi connectivity index (χ4n) is 3.81. The molecule has 0 saturated carbocycles. The zero-order valence-electron chi connectivity index (χ0n) is 18.3. The van der Waals surface area contributed by atoms with Crippen molar-refractivity contribution in [1.29, 1.82) is 0 Å². The third-order valence-corrected chi connectivity index (χ3v) is 7.99. The van der Waals surface area contributed by atoms with Crippen molar-refractivity contribution in [2.24, 2.45) is 0 Å². The van der Waals surface area contributed by atoms with Crippen LogP contribution in [0.5, 0.6) is 11.5 Å².